The standard InChI is InChI=1S/C27H19N5O3S2/c1-16(37-27-29-23(21-8-4-12-34-21)24(31-32-27)22-9-5-13-35-22)25(33)30-26-28-20(15-36-26)19-11-10-17-6-2-3-7-18(17)14-19/h2-16H,1H3,(H,28,30,33). The highest BCUT2D eigenvalue weighted by Crippen LogP contribution is 2.32. The van der Waals surface area contributed by atoms with E-state index in [0.29, 0.717) is 33.2 Å². The van der Waals surface area contributed by atoms with E-state index < -0.39 is 5.25 Å². The second kappa shape index (κ2) is 10.00. The average Bonchev–Trinajstić information content (AvgIpc) is 3.72. The first-order valence-electron chi connectivity index (χ1n) is 11.4. The fourth-order valence-corrected chi connectivity index (χ4v) is 5.19. The lowest BCUT2D eigenvalue weighted by molar-refractivity contribution is -0.115. The van der Waals surface area contributed by atoms with E-state index in [1.165, 1.54) is 28.5 Å². The monoisotopic (exact) mass is 525 g/mol. The number of hydrogen-bond acceptors (Lipinski definition) is 9. The van der Waals surface area contributed by atoms with Gasteiger partial charge in [0.15, 0.2) is 22.3 Å². The van der Waals surface area contributed by atoms with Gasteiger partial charge in [0, 0.05) is 10.9 Å². The Kier molecular flexibility index (Phi) is 6.25. The fraction of sp³-hybridized carbons (Fsp3) is 0.0741. The molecule has 0 spiro atoms. The number of amides is 1. The number of fused-ring (bicyclic) bond motifs is 1. The van der Waals surface area contributed by atoms with Crippen molar-refractivity contribution in [2.75, 3.05) is 5.32 Å². The summed E-state index contributed by atoms with van der Waals surface area (Å²) >= 11 is 2.58. The van der Waals surface area contributed by atoms with E-state index in [-0.39, 0.29) is 5.91 Å². The Morgan fingerprint density at radius 1 is 0.892 bits per heavy atom. The third-order valence-electron chi connectivity index (χ3n) is 5.61. The molecule has 0 aliphatic carbocycles. The van der Waals surface area contributed by atoms with Crippen LogP contribution in [0.5, 0.6) is 0 Å². The lowest BCUT2D eigenvalue weighted by Crippen LogP contribution is -2.22. The van der Waals surface area contributed by atoms with Crippen LogP contribution in [-0.2, 0) is 4.79 Å². The van der Waals surface area contributed by atoms with E-state index in [0.717, 1.165) is 16.6 Å². The first-order valence-corrected chi connectivity index (χ1v) is 13.1. The summed E-state index contributed by atoms with van der Waals surface area (Å²) in [4.78, 5) is 22.2. The molecule has 0 fully saturated rings. The molecule has 4 heterocycles. The molecule has 0 saturated carbocycles. The molecule has 1 atom stereocenters. The molecule has 10 heteroatoms. The molecule has 2 aromatic carbocycles. The van der Waals surface area contributed by atoms with E-state index in [1.807, 2.05) is 23.6 Å². The Labute approximate surface area is 219 Å². The molecule has 6 rings (SSSR count). The second-order valence-electron chi connectivity index (χ2n) is 8.10. The molecular formula is C27H19N5O3S2. The fourth-order valence-electron chi connectivity index (χ4n) is 3.76. The summed E-state index contributed by atoms with van der Waals surface area (Å²) in [7, 11) is 0. The number of thioether (sulfide) groups is 1. The van der Waals surface area contributed by atoms with Crippen LogP contribution < -0.4 is 5.32 Å². The maximum atomic E-state index is 12.9. The highest BCUT2D eigenvalue weighted by Gasteiger charge is 2.22. The lowest BCUT2D eigenvalue weighted by Gasteiger charge is -2.10. The zero-order chi connectivity index (χ0) is 25.2. The summed E-state index contributed by atoms with van der Waals surface area (Å²) in [6.45, 7) is 1.79. The van der Waals surface area contributed by atoms with Crippen molar-refractivity contribution in [3.8, 4) is 34.2 Å². The van der Waals surface area contributed by atoms with E-state index in [4.69, 9.17) is 8.83 Å². The SMILES string of the molecule is CC(Sc1nnc(-c2ccco2)c(-c2ccco2)n1)C(=O)Nc1nc(-c2ccc3ccccc3c2)cs1. The molecule has 1 N–H and O–H groups in total. The van der Waals surface area contributed by atoms with Crippen LogP contribution in [0.15, 0.2) is 98.6 Å². The molecule has 0 saturated heterocycles. The van der Waals surface area contributed by atoms with E-state index >= 15 is 0 Å². The quantitative estimate of drug-likeness (QED) is 0.227. The van der Waals surface area contributed by atoms with Crippen LogP contribution in [0.25, 0.3) is 44.9 Å². The van der Waals surface area contributed by atoms with Gasteiger partial charge in [-0.25, -0.2) is 9.97 Å². The van der Waals surface area contributed by atoms with Crippen molar-refractivity contribution in [1.29, 1.82) is 0 Å². The number of thiazole rings is 1. The molecule has 1 amide bonds. The average molecular weight is 526 g/mol. The largest absolute Gasteiger partial charge is 0.463 e. The van der Waals surface area contributed by atoms with Gasteiger partial charge in [0.05, 0.1) is 23.5 Å². The Morgan fingerprint density at radius 2 is 1.65 bits per heavy atom. The third-order valence-corrected chi connectivity index (χ3v) is 7.32. The van der Waals surface area contributed by atoms with Crippen molar-refractivity contribution in [2.45, 2.75) is 17.3 Å². The third kappa shape index (κ3) is 4.89. The molecule has 8 nitrogen and oxygen atoms in total. The van der Waals surface area contributed by atoms with Crippen molar-refractivity contribution in [2.24, 2.45) is 0 Å². The molecular weight excluding hydrogens is 506 g/mol. The van der Waals surface area contributed by atoms with Crippen molar-refractivity contribution in [1.82, 2.24) is 20.2 Å². The number of rotatable bonds is 7. The van der Waals surface area contributed by atoms with E-state index in [2.05, 4.69) is 49.7 Å². The van der Waals surface area contributed by atoms with Gasteiger partial charge in [-0.3, -0.25) is 4.79 Å². The summed E-state index contributed by atoms with van der Waals surface area (Å²) in [5, 5.41) is 16.1. The Balaban J connectivity index is 1.17. The molecule has 0 aliphatic rings. The minimum atomic E-state index is -0.492. The van der Waals surface area contributed by atoms with Gasteiger partial charge >= 0.3 is 0 Å². The van der Waals surface area contributed by atoms with Crippen molar-refractivity contribution < 1.29 is 13.6 Å². The summed E-state index contributed by atoms with van der Waals surface area (Å²) in [6.07, 6.45) is 3.12. The van der Waals surface area contributed by atoms with E-state index in [9.17, 15) is 4.79 Å². The van der Waals surface area contributed by atoms with Crippen molar-refractivity contribution >= 4 is 44.9 Å². The predicted octanol–water partition coefficient (Wildman–Crippen LogP) is 6.79. The van der Waals surface area contributed by atoms with Gasteiger partial charge < -0.3 is 14.2 Å². The topological polar surface area (TPSA) is 107 Å². The number of benzene rings is 2. The number of nitrogens with one attached hydrogen (secondary N) is 1. The maximum absolute atomic E-state index is 12.9. The summed E-state index contributed by atoms with van der Waals surface area (Å²) in [6, 6.07) is 21.5. The molecule has 182 valence electrons. The number of nitrogens with zero attached hydrogens (tertiary/aromatic N) is 4. The molecule has 37 heavy (non-hydrogen) atoms. The molecule has 1 unspecified atom stereocenters. The zero-order valence-corrected chi connectivity index (χ0v) is 21.1. The van der Waals surface area contributed by atoms with Crippen LogP contribution >= 0.6 is 23.1 Å². The van der Waals surface area contributed by atoms with Gasteiger partial charge in [0.1, 0.15) is 5.69 Å². The van der Waals surface area contributed by atoms with Crippen molar-refractivity contribution in [3.05, 3.63) is 84.6 Å². The summed E-state index contributed by atoms with van der Waals surface area (Å²) < 4.78 is 11.0. The Morgan fingerprint density at radius 3 is 2.41 bits per heavy atom. The van der Waals surface area contributed by atoms with Gasteiger partial charge in [0.2, 0.25) is 11.1 Å². The molecule has 0 aliphatic heterocycles. The molecule has 0 radical (unpaired) electrons. The smallest absolute Gasteiger partial charge is 0.239 e. The number of aromatic nitrogens is 4. The number of carbonyl (C=O) groups is 1. The second-order valence-corrected chi connectivity index (χ2v) is 10.3. The molecule has 4 aromatic heterocycles. The van der Waals surface area contributed by atoms with Gasteiger partial charge in [-0.05, 0) is 48.0 Å². The Bertz CT molecular complexity index is 1680. The van der Waals surface area contributed by atoms with Crippen LogP contribution in [0.4, 0.5) is 5.13 Å². The lowest BCUT2D eigenvalue weighted by atomic mass is 10.1. The molecule has 0 bridgehead atoms. The summed E-state index contributed by atoms with van der Waals surface area (Å²) in [5.41, 5.74) is 2.77. The van der Waals surface area contributed by atoms with Crippen LogP contribution in [0.3, 0.4) is 0 Å². The van der Waals surface area contributed by atoms with E-state index in [1.54, 1.807) is 43.7 Å². The van der Waals surface area contributed by atoms with Crippen LogP contribution in [0, 0.1) is 0 Å². The summed E-state index contributed by atoms with van der Waals surface area (Å²) in [5.74, 6) is 0.853. The normalized spacial score (nSPS) is 12.0. The predicted molar refractivity (Wildman–Crippen MR) is 144 cm³/mol. The highest BCUT2D eigenvalue weighted by atomic mass is 32.2. The minimum Gasteiger partial charge on any atom is -0.463 e. The first kappa shape index (κ1) is 23.1. The highest BCUT2D eigenvalue weighted by molar-refractivity contribution is 8.00. The van der Waals surface area contributed by atoms with Crippen molar-refractivity contribution in [3.63, 3.8) is 0 Å². The number of furan rings is 2. The Hall–Kier alpha value is -4.28. The van der Waals surface area contributed by atoms with Crippen LogP contribution in [0.1, 0.15) is 6.92 Å². The number of anilines is 1. The van der Waals surface area contributed by atoms with Gasteiger partial charge in [-0.15, -0.1) is 21.5 Å². The maximum Gasteiger partial charge on any atom is 0.239 e. The number of hydrogen-bond donors (Lipinski definition) is 1. The zero-order valence-electron chi connectivity index (χ0n) is 19.5. The van der Waals surface area contributed by atoms with Crippen LogP contribution in [0.2, 0.25) is 0 Å². The molecule has 6 aromatic rings. The minimum absolute atomic E-state index is 0.206. The van der Waals surface area contributed by atoms with Gasteiger partial charge in [-0.1, -0.05) is 48.2 Å². The first-order chi connectivity index (χ1) is 18.1. The van der Waals surface area contributed by atoms with Crippen LogP contribution in [-0.4, -0.2) is 31.3 Å². The number of carbonyl (C=O) groups excluding carboxylic acids is 1. The van der Waals surface area contributed by atoms with Gasteiger partial charge in [0.25, 0.3) is 0 Å². The van der Waals surface area contributed by atoms with Gasteiger partial charge in [-0.2, -0.15) is 0 Å².